The number of hydrogen-bond donors (Lipinski definition) is 1. The first-order valence-electron chi connectivity index (χ1n) is 11.2. The second kappa shape index (κ2) is 9.65. The molecular formula is C24H42N4O2. The van der Waals surface area contributed by atoms with E-state index in [2.05, 4.69) is 72.5 Å². The fourth-order valence-corrected chi connectivity index (χ4v) is 3.55. The van der Waals surface area contributed by atoms with E-state index in [1.54, 1.807) is 0 Å². The first kappa shape index (κ1) is 24.6. The Kier molecular flexibility index (Phi) is 7.91. The van der Waals surface area contributed by atoms with Crippen LogP contribution in [-0.4, -0.2) is 43.0 Å². The Balaban J connectivity index is 0.000000215. The quantitative estimate of drug-likeness (QED) is 0.704. The molecule has 0 atom stereocenters. The van der Waals surface area contributed by atoms with Crippen molar-refractivity contribution >= 4 is 0 Å². The molecule has 2 heterocycles. The lowest BCUT2D eigenvalue weighted by atomic mass is 9.88. The van der Waals surface area contributed by atoms with Gasteiger partial charge in [-0.1, -0.05) is 34.6 Å². The van der Waals surface area contributed by atoms with Crippen molar-refractivity contribution in [3.8, 4) is 0 Å². The third-order valence-corrected chi connectivity index (χ3v) is 5.70. The van der Waals surface area contributed by atoms with Crippen LogP contribution in [0.4, 0.5) is 0 Å². The Morgan fingerprint density at radius 3 is 2.07 bits per heavy atom. The summed E-state index contributed by atoms with van der Waals surface area (Å²) in [6.07, 6.45) is 6.03. The molecule has 6 nitrogen and oxygen atoms in total. The zero-order valence-electron chi connectivity index (χ0n) is 20.5. The van der Waals surface area contributed by atoms with Crippen LogP contribution in [-0.2, 0) is 23.2 Å². The van der Waals surface area contributed by atoms with Crippen LogP contribution in [0.5, 0.6) is 0 Å². The SMILES string of the molecule is Cc1c(C(C)(C)C)cnn1CCOC(C)C.Cc1c(C(C)C)cnn1CC1(O)CC1. The molecule has 30 heavy (non-hydrogen) atoms. The predicted molar refractivity (Wildman–Crippen MR) is 122 cm³/mol. The summed E-state index contributed by atoms with van der Waals surface area (Å²) in [5.74, 6) is 0.512. The third kappa shape index (κ3) is 6.67. The van der Waals surface area contributed by atoms with E-state index in [4.69, 9.17) is 4.74 Å². The van der Waals surface area contributed by atoms with E-state index in [-0.39, 0.29) is 11.5 Å². The third-order valence-electron chi connectivity index (χ3n) is 5.70. The van der Waals surface area contributed by atoms with Gasteiger partial charge >= 0.3 is 0 Å². The molecule has 1 fully saturated rings. The Hall–Kier alpha value is -1.66. The largest absolute Gasteiger partial charge is 0.388 e. The minimum absolute atomic E-state index is 0.168. The molecule has 2 aromatic rings. The predicted octanol–water partition coefficient (Wildman–Crippen LogP) is 4.75. The Labute approximate surface area is 182 Å². The van der Waals surface area contributed by atoms with Crippen LogP contribution < -0.4 is 0 Å². The standard InChI is InChI=1S/C13H24N2O.C11H18N2O/c1-10(2)16-8-7-15-11(3)12(9-14-15)13(4,5)6;1-8(2)10-6-12-13(9(10)3)7-11(14)4-5-11/h9-10H,7-8H2,1-6H3;6,8,14H,4-5,7H2,1-3H3. The molecule has 0 unspecified atom stereocenters. The van der Waals surface area contributed by atoms with Crippen molar-refractivity contribution < 1.29 is 9.84 Å². The van der Waals surface area contributed by atoms with Crippen LogP contribution in [0.2, 0.25) is 0 Å². The summed E-state index contributed by atoms with van der Waals surface area (Å²) < 4.78 is 9.50. The smallest absolute Gasteiger partial charge is 0.0845 e. The van der Waals surface area contributed by atoms with Gasteiger partial charge in [-0.3, -0.25) is 9.36 Å². The summed E-state index contributed by atoms with van der Waals surface area (Å²) in [7, 11) is 0. The fourth-order valence-electron chi connectivity index (χ4n) is 3.55. The highest BCUT2D eigenvalue weighted by Crippen LogP contribution is 2.37. The topological polar surface area (TPSA) is 65.1 Å². The number of hydrogen-bond acceptors (Lipinski definition) is 4. The zero-order valence-corrected chi connectivity index (χ0v) is 20.5. The van der Waals surface area contributed by atoms with Gasteiger partial charge in [0, 0.05) is 11.4 Å². The summed E-state index contributed by atoms with van der Waals surface area (Å²) in [5, 5.41) is 18.5. The van der Waals surface area contributed by atoms with Gasteiger partial charge in [-0.25, -0.2) is 0 Å². The second-order valence-corrected chi connectivity index (χ2v) is 10.3. The molecule has 1 saturated carbocycles. The second-order valence-electron chi connectivity index (χ2n) is 10.3. The lowest BCUT2D eigenvalue weighted by molar-refractivity contribution is 0.0706. The van der Waals surface area contributed by atoms with Gasteiger partial charge in [0.25, 0.3) is 0 Å². The number of aromatic nitrogens is 4. The molecule has 170 valence electrons. The molecule has 1 N–H and O–H groups in total. The van der Waals surface area contributed by atoms with Crippen molar-refractivity contribution in [2.75, 3.05) is 6.61 Å². The molecule has 1 aliphatic carbocycles. The van der Waals surface area contributed by atoms with Crippen LogP contribution in [0.3, 0.4) is 0 Å². The molecule has 2 aromatic heterocycles. The normalized spacial score (nSPS) is 15.5. The van der Waals surface area contributed by atoms with Gasteiger partial charge in [0.05, 0.1) is 43.8 Å². The molecule has 0 saturated heterocycles. The van der Waals surface area contributed by atoms with Gasteiger partial charge < -0.3 is 9.84 Å². The lowest BCUT2D eigenvalue weighted by Crippen LogP contribution is -2.18. The van der Waals surface area contributed by atoms with Crippen LogP contribution >= 0.6 is 0 Å². The van der Waals surface area contributed by atoms with E-state index in [1.165, 1.54) is 22.5 Å². The summed E-state index contributed by atoms with van der Waals surface area (Å²) in [4.78, 5) is 0. The Morgan fingerprint density at radius 2 is 1.63 bits per heavy atom. The van der Waals surface area contributed by atoms with Gasteiger partial charge in [0.1, 0.15) is 0 Å². The molecule has 0 amide bonds. The number of ether oxygens (including phenoxy) is 1. The van der Waals surface area contributed by atoms with Gasteiger partial charge in [-0.2, -0.15) is 10.2 Å². The molecule has 6 heteroatoms. The van der Waals surface area contributed by atoms with E-state index in [0.29, 0.717) is 12.5 Å². The van der Waals surface area contributed by atoms with Crippen molar-refractivity contribution in [2.24, 2.45) is 0 Å². The average molecular weight is 419 g/mol. The van der Waals surface area contributed by atoms with Crippen molar-refractivity contribution in [1.82, 2.24) is 19.6 Å². The zero-order chi connectivity index (χ0) is 22.7. The lowest BCUT2D eigenvalue weighted by Gasteiger charge is -2.18. The number of nitrogens with zero attached hydrogens (tertiary/aromatic N) is 4. The van der Waals surface area contributed by atoms with E-state index < -0.39 is 5.60 Å². The summed E-state index contributed by atoms with van der Waals surface area (Å²) in [6, 6.07) is 0. The maximum absolute atomic E-state index is 9.79. The van der Waals surface area contributed by atoms with Gasteiger partial charge in [0.15, 0.2) is 0 Å². The van der Waals surface area contributed by atoms with Gasteiger partial charge in [-0.05, 0) is 63.0 Å². The van der Waals surface area contributed by atoms with E-state index in [9.17, 15) is 5.11 Å². The van der Waals surface area contributed by atoms with E-state index in [0.717, 1.165) is 26.0 Å². The van der Waals surface area contributed by atoms with Gasteiger partial charge in [-0.15, -0.1) is 0 Å². The van der Waals surface area contributed by atoms with Crippen LogP contribution in [0.15, 0.2) is 12.4 Å². The molecule has 0 aromatic carbocycles. The molecule has 3 rings (SSSR count). The van der Waals surface area contributed by atoms with Crippen LogP contribution in [0.25, 0.3) is 0 Å². The molecule has 0 radical (unpaired) electrons. The molecule has 0 aliphatic heterocycles. The summed E-state index contributed by atoms with van der Waals surface area (Å²) in [6.45, 7) is 21.5. The average Bonchev–Trinajstić information content (AvgIpc) is 3.04. The minimum atomic E-state index is -0.453. The van der Waals surface area contributed by atoms with Crippen molar-refractivity contribution in [3.05, 3.63) is 34.9 Å². The molecule has 0 spiro atoms. The van der Waals surface area contributed by atoms with Gasteiger partial charge in [0.2, 0.25) is 0 Å². The minimum Gasteiger partial charge on any atom is -0.388 e. The maximum atomic E-state index is 9.79. The maximum Gasteiger partial charge on any atom is 0.0845 e. The number of rotatable bonds is 7. The molecular weight excluding hydrogens is 376 g/mol. The summed E-state index contributed by atoms with van der Waals surface area (Å²) in [5.41, 5.74) is 4.76. The highest BCUT2D eigenvalue weighted by Gasteiger charge is 2.41. The summed E-state index contributed by atoms with van der Waals surface area (Å²) >= 11 is 0. The monoisotopic (exact) mass is 418 g/mol. The first-order valence-corrected chi connectivity index (χ1v) is 11.2. The molecule has 0 bridgehead atoms. The number of aliphatic hydroxyl groups is 1. The van der Waals surface area contributed by atoms with Crippen LogP contribution in [0.1, 0.15) is 89.7 Å². The van der Waals surface area contributed by atoms with E-state index >= 15 is 0 Å². The van der Waals surface area contributed by atoms with Crippen molar-refractivity contribution in [2.45, 2.75) is 111 Å². The highest BCUT2D eigenvalue weighted by molar-refractivity contribution is 5.24. The Bertz CT molecular complexity index is 808. The van der Waals surface area contributed by atoms with Crippen LogP contribution in [0, 0.1) is 13.8 Å². The van der Waals surface area contributed by atoms with E-state index in [1.807, 2.05) is 21.8 Å². The van der Waals surface area contributed by atoms with Crippen molar-refractivity contribution in [1.29, 1.82) is 0 Å². The fraction of sp³-hybridized carbons (Fsp3) is 0.750. The van der Waals surface area contributed by atoms with Crippen molar-refractivity contribution in [3.63, 3.8) is 0 Å². The Morgan fingerprint density at radius 1 is 1.03 bits per heavy atom. The first-order chi connectivity index (χ1) is 13.8. The molecule has 1 aliphatic rings. The highest BCUT2D eigenvalue weighted by atomic mass is 16.5.